The zero-order chi connectivity index (χ0) is 15.4. The van der Waals surface area contributed by atoms with Crippen molar-refractivity contribution in [3.05, 3.63) is 64.1 Å². The number of nitrogens with one attached hydrogen (secondary N) is 1. The minimum atomic E-state index is -0.494. The first kappa shape index (κ1) is 12.6. The van der Waals surface area contributed by atoms with Crippen LogP contribution < -0.4 is 5.69 Å². The minimum Gasteiger partial charge on any atom is -0.507 e. The van der Waals surface area contributed by atoms with E-state index >= 15 is 0 Å². The van der Waals surface area contributed by atoms with Crippen LogP contribution in [0.2, 0.25) is 0 Å². The number of aryl methyl sites for hydroxylation is 1. The molecule has 108 valence electrons. The predicted molar refractivity (Wildman–Crippen MR) is 82.1 cm³/mol. The summed E-state index contributed by atoms with van der Waals surface area (Å²) in [6, 6.07) is 12.3. The van der Waals surface area contributed by atoms with Gasteiger partial charge in [0.25, 0.3) is 5.91 Å². The van der Waals surface area contributed by atoms with E-state index in [2.05, 4.69) is 4.98 Å². The number of benzene rings is 2. The van der Waals surface area contributed by atoms with Gasteiger partial charge < -0.3 is 10.1 Å². The van der Waals surface area contributed by atoms with Gasteiger partial charge in [-0.05, 0) is 30.7 Å². The molecule has 4 rings (SSSR count). The molecule has 5 heteroatoms. The van der Waals surface area contributed by atoms with Gasteiger partial charge in [0.05, 0.1) is 11.4 Å². The fourth-order valence-corrected chi connectivity index (χ4v) is 2.93. The Morgan fingerprint density at radius 2 is 1.73 bits per heavy atom. The van der Waals surface area contributed by atoms with Gasteiger partial charge in [-0.25, -0.2) is 9.36 Å². The van der Waals surface area contributed by atoms with E-state index in [-0.39, 0.29) is 11.7 Å². The number of imidazole rings is 1. The Balaban J connectivity index is 2.08. The van der Waals surface area contributed by atoms with Gasteiger partial charge in [-0.1, -0.05) is 24.3 Å². The number of H-pyrrole nitrogens is 1. The van der Waals surface area contributed by atoms with Crippen LogP contribution in [0.3, 0.4) is 0 Å². The van der Waals surface area contributed by atoms with E-state index < -0.39 is 5.69 Å². The van der Waals surface area contributed by atoms with Crippen molar-refractivity contribution in [1.82, 2.24) is 9.55 Å². The average Bonchev–Trinajstić information content (AvgIpc) is 2.98. The molecule has 1 aromatic heterocycles. The van der Waals surface area contributed by atoms with E-state index in [4.69, 9.17) is 0 Å². The van der Waals surface area contributed by atoms with Gasteiger partial charge >= 0.3 is 5.69 Å². The fourth-order valence-electron chi connectivity index (χ4n) is 2.93. The number of carbonyl (C=O) groups is 1. The molecule has 0 radical (unpaired) electrons. The highest BCUT2D eigenvalue weighted by Crippen LogP contribution is 2.39. The van der Waals surface area contributed by atoms with Crippen LogP contribution in [0.25, 0.3) is 22.5 Å². The zero-order valence-electron chi connectivity index (χ0n) is 11.8. The summed E-state index contributed by atoms with van der Waals surface area (Å²) in [7, 11) is 0. The Labute approximate surface area is 125 Å². The molecule has 22 heavy (non-hydrogen) atoms. The Bertz CT molecular complexity index is 995. The Kier molecular flexibility index (Phi) is 2.42. The highest BCUT2D eigenvalue weighted by atomic mass is 16.3. The third-order valence-electron chi connectivity index (χ3n) is 3.93. The number of hydrogen-bond donors (Lipinski definition) is 2. The molecule has 0 spiro atoms. The third kappa shape index (κ3) is 1.53. The first-order valence-corrected chi connectivity index (χ1v) is 6.87. The van der Waals surface area contributed by atoms with E-state index in [0.717, 1.165) is 10.1 Å². The molecule has 5 nitrogen and oxygen atoms in total. The van der Waals surface area contributed by atoms with Crippen LogP contribution in [0, 0.1) is 6.92 Å². The number of aromatic hydroxyl groups is 1. The van der Waals surface area contributed by atoms with Gasteiger partial charge in [-0.2, -0.15) is 0 Å². The lowest BCUT2D eigenvalue weighted by atomic mass is 10.0. The first-order valence-electron chi connectivity index (χ1n) is 6.87. The van der Waals surface area contributed by atoms with Crippen LogP contribution >= 0.6 is 0 Å². The van der Waals surface area contributed by atoms with Crippen LogP contribution in [0.4, 0.5) is 0 Å². The smallest absolute Gasteiger partial charge is 0.333 e. The Morgan fingerprint density at radius 3 is 2.45 bits per heavy atom. The van der Waals surface area contributed by atoms with Gasteiger partial charge in [-0.15, -0.1) is 0 Å². The fraction of sp³-hybridized carbons (Fsp3) is 0.0588. The lowest BCUT2D eigenvalue weighted by Crippen LogP contribution is -2.21. The normalized spacial score (nSPS) is 12.3. The van der Waals surface area contributed by atoms with Crippen LogP contribution in [0.1, 0.15) is 15.9 Å². The number of aromatic amines is 1. The highest BCUT2D eigenvalue weighted by molar-refractivity contribution is 6.11. The number of aromatic nitrogens is 2. The molecule has 0 bridgehead atoms. The summed E-state index contributed by atoms with van der Waals surface area (Å²) in [4.78, 5) is 27.2. The topological polar surface area (TPSA) is 75.1 Å². The molecule has 0 aliphatic carbocycles. The molecule has 2 N–H and O–H groups in total. The predicted octanol–water partition coefficient (Wildman–Crippen LogP) is 2.53. The zero-order valence-corrected chi connectivity index (χ0v) is 11.8. The van der Waals surface area contributed by atoms with Crippen LogP contribution in [0.5, 0.6) is 5.75 Å². The summed E-state index contributed by atoms with van der Waals surface area (Å²) in [5, 5.41) is 10.2. The van der Waals surface area contributed by atoms with E-state index in [1.165, 1.54) is 0 Å². The van der Waals surface area contributed by atoms with Crippen LogP contribution in [-0.2, 0) is 0 Å². The number of phenols is 1. The molecule has 2 heterocycles. The van der Waals surface area contributed by atoms with E-state index in [9.17, 15) is 14.7 Å². The molecular weight excluding hydrogens is 280 g/mol. The third-order valence-corrected chi connectivity index (χ3v) is 3.93. The summed E-state index contributed by atoms with van der Waals surface area (Å²) in [5.41, 5.74) is 3.07. The summed E-state index contributed by atoms with van der Waals surface area (Å²) < 4.78 is 1.12. The summed E-state index contributed by atoms with van der Waals surface area (Å²) in [6.45, 7) is 1.87. The maximum Gasteiger partial charge on any atom is 0.333 e. The molecule has 0 amide bonds. The van der Waals surface area contributed by atoms with Gasteiger partial charge in [-0.3, -0.25) is 4.79 Å². The average molecular weight is 292 g/mol. The van der Waals surface area contributed by atoms with Crippen molar-refractivity contribution in [1.29, 1.82) is 0 Å². The molecule has 0 fully saturated rings. The monoisotopic (exact) mass is 292 g/mol. The second-order valence-electron chi connectivity index (χ2n) is 5.36. The molecule has 0 saturated carbocycles. The van der Waals surface area contributed by atoms with Crippen molar-refractivity contribution in [3.63, 3.8) is 0 Å². The van der Waals surface area contributed by atoms with Crippen LogP contribution in [-0.4, -0.2) is 20.6 Å². The Hall–Kier alpha value is -3.08. The van der Waals surface area contributed by atoms with Crippen molar-refractivity contribution in [2.24, 2.45) is 0 Å². The van der Waals surface area contributed by atoms with Gasteiger partial charge in [0.15, 0.2) is 0 Å². The highest BCUT2D eigenvalue weighted by Gasteiger charge is 2.32. The quantitative estimate of drug-likeness (QED) is 0.566. The lowest BCUT2D eigenvalue weighted by Gasteiger charge is -2.06. The maximum atomic E-state index is 12.4. The lowest BCUT2D eigenvalue weighted by molar-refractivity contribution is 0.0965. The SMILES string of the molecule is Cc1ccc(-c2[nH]c(=O)n3c2-c2ccccc2C3=O)c(O)c1. The Morgan fingerprint density at radius 1 is 1.00 bits per heavy atom. The molecule has 2 aromatic carbocycles. The van der Waals surface area contributed by atoms with Crippen molar-refractivity contribution < 1.29 is 9.90 Å². The van der Waals surface area contributed by atoms with Crippen molar-refractivity contribution in [2.45, 2.75) is 6.92 Å². The number of phenolic OH excluding ortho intramolecular Hbond substituents is 1. The minimum absolute atomic E-state index is 0.0708. The van der Waals surface area contributed by atoms with E-state index in [1.54, 1.807) is 30.3 Å². The molecule has 0 unspecified atom stereocenters. The molecule has 1 aliphatic rings. The van der Waals surface area contributed by atoms with Gasteiger partial charge in [0.2, 0.25) is 0 Å². The molecule has 0 saturated heterocycles. The summed E-state index contributed by atoms with van der Waals surface area (Å²) in [6.07, 6.45) is 0. The van der Waals surface area contributed by atoms with Crippen molar-refractivity contribution >= 4 is 5.91 Å². The van der Waals surface area contributed by atoms with E-state index in [0.29, 0.717) is 28.1 Å². The van der Waals surface area contributed by atoms with Crippen LogP contribution in [0.15, 0.2) is 47.3 Å². The van der Waals surface area contributed by atoms with Gasteiger partial charge in [0.1, 0.15) is 5.75 Å². The van der Waals surface area contributed by atoms with E-state index in [1.807, 2.05) is 19.1 Å². The standard InChI is InChI=1S/C17H12N2O3/c1-9-6-7-12(13(20)8-9)14-15-10-4-2-3-5-11(10)16(21)19(15)17(22)18-14/h2-8,20H,1H3,(H,18,22). The van der Waals surface area contributed by atoms with Gasteiger partial charge in [0, 0.05) is 16.7 Å². The molecule has 1 aliphatic heterocycles. The largest absolute Gasteiger partial charge is 0.507 e. The second-order valence-corrected chi connectivity index (χ2v) is 5.36. The molecule has 3 aromatic rings. The number of carbonyl (C=O) groups excluding carboxylic acids is 1. The first-order chi connectivity index (χ1) is 10.6. The van der Waals surface area contributed by atoms with Crippen molar-refractivity contribution in [2.75, 3.05) is 0 Å². The number of nitrogens with zero attached hydrogens (tertiary/aromatic N) is 1. The number of fused-ring (bicyclic) bond motifs is 3. The second kappa shape index (κ2) is 4.21. The summed E-state index contributed by atoms with van der Waals surface area (Å²) in [5.74, 6) is -0.272. The number of hydrogen-bond acceptors (Lipinski definition) is 3. The molecule has 0 atom stereocenters. The maximum absolute atomic E-state index is 12.4. The summed E-state index contributed by atoms with van der Waals surface area (Å²) >= 11 is 0. The number of rotatable bonds is 1. The van der Waals surface area contributed by atoms with Crippen molar-refractivity contribution in [3.8, 4) is 28.3 Å². The molecular formula is C17H12N2O3.